The van der Waals surface area contributed by atoms with E-state index in [9.17, 15) is 14.4 Å². The number of ether oxygens (including phenoxy) is 3. The number of aryl methyl sites for hydroxylation is 1. The topological polar surface area (TPSA) is 90.9 Å². The maximum absolute atomic E-state index is 12.1. The highest BCUT2D eigenvalue weighted by Crippen LogP contribution is 2.18. The zero-order valence-electron chi connectivity index (χ0n) is 14.7. The van der Waals surface area contributed by atoms with Crippen molar-refractivity contribution in [1.82, 2.24) is 0 Å². The number of rotatable bonds is 6. The molecule has 7 heteroatoms. The first kappa shape index (κ1) is 19.0. The molecule has 2 aromatic rings. The molecule has 1 amide bonds. The van der Waals surface area contributed by atoms with Crippen LogP contribution in [0, 0.1) is 6.92 Å². The van der Waals surface area contributed by atoms with Crippen LogP contribution in [0.3, 0.4) is 0 Å². The highest BCUT2D eigenvalue weighted by atomic mass is 16.5. The van der Waals surface area contributed by atoms with Gasteiger partial charge in [0.1, 0.15) is 5.75 Å². The number of nitrogens with one attached hydrogen (secondary N) is 1. The molecule has 2 rings (SSSR count). The molecule has 0 heterocycles. The van der Waals surface area contributed by atoms with Crippen LogP contribution in [0.1, 0.15) is 26.3 Å². The first-order valence-electron chi connectivity index (χ1n) is 7.75. The van der Waals surface area contributed by atoms with Crippen LogP contribution in [0.25, 0.3) is 0 Å². The number of methoxy groups -OCH3 is 2. The van der Waals surface area contributed by atoms with Crippen molar-refractivity contribution in [2.24, 2.45) is 0 Å². The number of carbonyl (C=O) groups excluding carboxylic acids is 3. The Labute approximate surface area is 150 Å². The standard InChI is InChI=1S/C19H19NO6/c1-12-10-13(24-2)8-9-14(12)19(23)26-11-17(21)20-16-7-5-4-6-15(16)18(22)25-3/h4-10H,11H2,1-3H3,(H,20,21). The highest BCUT2D eigenvalue weighted by Gasteiger charge is 2.16. The zero-order chi connectivity index (χ0) is 19.1. The summed E-state index contributed by atoms with van der Waals surface area (Å²) < 4.78 is 14.8. The third-order valence-electron chi connectivity index (χ3n) is 3.59. The van der Waals surface area contributed by atoms with E-state index < -0.39 is 24.5 Å². The fourth-order valence-corrected chi connectivity index (χ4v) is 2.27. The largest absolute Gasteiger partial charge is 0.497 e. The Morgan fingerprint density at radius 2 is 1.69 bits per heavy atom. The molecule has 0 unspecified atom stereocenters. The molecule has 0 atom stereocenters. The van der Waals surface area contributed by atoms with Gasteiger partial charge in [-0.3, -0.25) is 4.79 Å². The number of anilines is 1. The van der Waals surface area contributed by atoms with Crippen LogP contribution in [0.4, 0.5) is 5.69 Å². The van der Waals surface area contributed by atoms with Gasteiger partial charge in [0.15, 0.2) is 6.61 Å². The Balaban J connectivity index is 1.99. The Kier molecular flexibility index (Phi) is 6.32. The van der Waals surface area contributed by atoms with Gasteiger partial charge in [-0.1, -0.05) is 12.1 Å². The number of hydrogen-bond acceptors (Lipinski definition) is 6. The summed E-state index contributed by atoms with van der Waals surface area (Å²) in [6, 6.07) is 11.3. The molecule has 136 valence electrons. The summed E-state index contributed by atoms with van der Waals surface area (Å²) >= 11 is 0. The third kappa shape index (κ3) is 4.60. The summed E-state index contributed by atoms with van der Waals surface area (Å²) in [4.78, 5) is 35.9. The second kappa shape index (κ2) is 8.66. The average molecular weight is 357 g/mol. The van der Waals surface area contributed by atoms with Crippen molar-refractivity contribution >= 4 is 23.5 Å². The van der Waals surface area contributed by atoms with E-state index >= 15 is 0 Å². The fraction of sp³-hybridized carbons (Fsp3) is 0.211. The molecule has 0 aliphatic heterocycles. The molecular formula is C19H19NO6. The molecule has 0 saturated heterocycles. The second-order valence-electron chi connectivity index (χ2n) is 5.34. The maximum Gasteiger partial charge on any atom is 0.339 e. The van der Waals surface area contributed by atoms with Crippen molar-refractivity contribution in [3.63, 3.8) is 0 Å². The summed E-state index contributed by atoms with van der Waals surface area (Å²) in [5.41, 5.74) is 1.50. The SMILES string of the molecule is COC(=O)c1ccccc1NC(=O)COC(=O)c1ccc(OC)cc1C. The van der Waals surface area contributed by atoms with Crippen molar-refractivity contribution in [1.29, 1.82) is 0 Å². The molecule has 1 N–H and O–H groups in total. The van der Waals surface area contributed by atoms with E-state index in [1.165, 1.54) is 20.3 Å². The lowest BCUT2D eigenvalue weighted by Crippen LogP contribution is -2.22. The van der Waals surface area contributed by atoms with Gasteiger partial charge >= 0.3 is 11.9 Å². The number of esters is 2. The summed E-state index contributed by atoms with van der Waals surface area (Å²) in [7, 11) is 2.78. The average Bonchev–Trinajstić information content (AvgIpc) is 2.65. The number of benzene rings is 2. The van der Waals surface area contributed by atoms with Crippen LogP contribution in [0.5, 0.6) is 5.75 Å². The van der Waals surface area contributed by atoms with Crippen LogP contribution < -0.4 is 10.1 Å². The van der Waals surface area contributed by atoms with Gasteiger partial charge in [0, 0.05) is 0 Å². The smallest absolute Gasteiger partial charge is 0.339 e. The predicted molar refractivity (Wildman–Crippen MR) is 94.4 cm³/mol. The van der Waals surface area contributed by atoms with Gasteiger partial charge < -0.3 is 19.5 Å². The van der Waals surface area contributed by atoms with Gasteiger partial charge in [-0.15, -0.1) is 0 Å². The minimum atomic E-state index is -0.624. The Morgan fingerprint density at radius 3 is 2.35 bits per heavy atom. The molecule has 7 nitrogen and oxygen atoms in total. The van der Waals surface area contributed by atoms with Crippen molar-refractivity contribution in [2.45, 2.75) is 6.92 Å². The van der Waals surface area contributed by atoms with Crippen molar-refractivity contribution in [3.8, 4) is 5.75 Å². The number of amides is 1. The van der Waals surface area contributed by atoms with Gasteiger partial charge in [0.05, 0.1) is 31.0 Å². The fourth-order valence-electron chi connectivity index (χ4n) is 2.27. The third-order valence-corrected chi connectivity index (χ3v) is 3.59. The maximum atomic E-state index is 12.1. The summed E-state index contributed by atoms with van der Waals surface area (Å²) in [5.74, 6) is -1.15. The highest BCUT2D eigenvalue weighted by molar-refractivity contribution is 6.02. The lowest BCUT2D eigenvalue weighted by atomic mass is 10.1. The van der Waals surface area contributed by atoms with E-state index in [0.29, 0.717) is 16.9 Å². The first-order valence-corrected chi connectivity index (χ1v) is 7.75. The molecule has 0 spiro atoms. The predicted octanol–water partition coefficient (Wildman–Crippen LogP) is 2.59. The summed E-state index contributed by atoms with van der Waals surface area (Å²) in [6.07, 6.45) is 0. The van der Waals surface area contributed by atoms with Crippen LogP contribution in [-0.2, 0) is 14.3 Å². The molecule has 26 heavy (non-hydrogen) atoms. The minimum absolute atomic E-state index is 0.209. The van der Waals surface area contributed by atoms with Gasteiger partial charge in [-0.05, 0) is 42.8 Å². The molecule has 2 aromatic carbocycles. The molecule has 0 fully saturated rings. The van der Waals surface area contributed by atoms with Crippen molar-refractivity contribution < 1.29 is 28.6 Å². The molecule has 0 aliphatic carbocycles. The molecule has 0 bridgehead atoms. The second-order valence-corrected chi connectivity index (χ2v) is 5.34. The van der Waals surface area contributed by atoms with Crippen LogP contribution in [0.2, 0.25) is 0 Å². The number of carbonyl (C=O) groups is 3. The van der Waals surface area contributed by atoms with E-state index in [1.54, 1.807) is 43.3 Å². The van der Waals surface area contributed by atoms with Gasteiger partial charge in [-0.2, -0.15) is 0 Å². The summed E-state index contributed by atoms with van der Waals surface area (Å²) in [5, 5.41) is 2.53. The monoisotopic (exact) mass is 357 g/mol. The van der Waals surface area contributed by atoms with E-state index in [1.807, 2.05) is 0 Å². The molecule has 0 aliphatic rings. The zero-order valence-corrected chi connectivity index (χ0v) is 14.7. The summed E-state index contributed by atoms with van der Waals surface area (Å²) in [6.45, 7) is 1.26. The van der Waals surface area contributed by atoms with E-state index in [0.717, 1.165) is 0 Å². The Bertz CT molecular complexity index is 831. The van der Waals surface area contributed by atoms with E-state index in [4.69, 9.17) is 9.47 Å². The number of para-hydroxylation sites is 1. The molecule has 0 radical (unpaired) electrons. The van der Waals surface area contributed by atoms with Crippen LogP contribution >= 0.6 is 0 Å². The Hall–Kier alpha value is -3.35. The molecular weight excluding hydrogens is 338 g/mol. The number of hydrogen-bond donors (Lipinski definition) is 1. The first-order chi connectivity index (χ1) is 12.5. The van der Waals surface area contributed by atoms with Gasteiger partial charge in [-0.25, -0.2) is 9.59 Å². The molecule has 0 aromatic heterocycles. The van der Waals surface area contributed by atoms with Crippen LogP contribution in [-0.4, -0.2) is 38.7 Å². The molecule has 0 saturated carbocycles. The Morgan fingerprint density at radius 1 is 0.962 bits per heavy atom. The lowest BCUT2D eigenvalue weighted by molar-refractivity contribution is -0.119. The van der Waals surface area contributed by atoms with E-state index in [2.05, 4.69) is 10.1 Å². The normalized spacial score (nSPS) is 9.96. The quantitative estimate of drug-likeness (QED) is 0.799. The lowest BCUT2D eigenvalue weighted by Gasteiger charge is -2.11. The van der Waals surface area contributed by atoms with Crippen LogP contribution in [0.15, 0.2) is 42.5 Å². The van der Waals surface area contributed by atoms with Gasteiger partial charge in [0.2, 0.25) is 0 Å². The van der Waals surface area contributed by atoms with Gasteiger partial charge in [0.25, 0.3) is 5.91 Å². The van der Waals surface area contributed by atoms with Crippen molar-refractivity contribution in [2.75, 3.05) is 26.1 Å². The minimum Gasteiger partial charge on any atom is -0.497 e. The van der Waals surface area contributed by atoms with Crippen molar-refractivity contribution in [3.05, 3.63) is 59.2 Å². The van der Waals surface area contributed by atoms with E-state index in [-0.39, 0.29) is 11.3 Å².